The van der Waals surface area contributed by atoms with Crippen LogP contribution < -0.4 is 5.32 Å². The summed E-state index contributed by atoms with van der Waals surface area (Å²) in [6, 6.07) is 14.5. The third kappa shape index (κ3) is 2.81. The molecule has 0 radical (unpaired) electrons. The first-order valence-corrected chi connectivity index (χ1v) is 10.1. The van der Waals surface area contributed by atoms with Crippen molar-refractivity contribution in [2.75, 3.05) is 19.6 Å². The molecule has 0 spiro atoms. The van der Waals surface area contributed by atoms with E-state index in [0.29, 0.717) is 12.0 Å². The van der Waals surface area contributed by atoms with Crippen molar-refractivity contribution >= 4 is 28.1 Å². The number of carbonyl (C=O) groups excluding carboxylic acids is 1. The maximum Gasteiger partial charge on any atom is 0.261 e. The smallest absolute Gasteiger partial charge is 0.261 e. The van der Waals surface area contributed by atoms with Crippen LogP contribution in [0.5, 0.6) is 0 Å². The van der Waals surface area contributed by atoms with Crippen LogP contribution in [0.25, 0.3) is 21.3 Å². The average Bonchev–Trinajstić information content (AvgIpc) is 3.19. The molecule has 0 unspecified atom stereocenters. The minimum absolute atomic E-state index is 0.0631. The molecule has 3 aliphatic rings. The zero-order valence-electron chi connectivity index (χ0n) is 14.5. The zero-order valence-corrected chi connectivity index (χ0v) is 15.3. The lowest BCUT2D eigenvalue weighted by molar-refractivity contribution is 0.0622. The fourth-order valence-electron chi connectivity index (χ4n) is 4.28. The predicted molar refractivity (Wildman–Crippen MR) is 105 cm³/mol. The quantitative estimate of drug-likeness (QED) is 0.770. The second kappa shape index (κ2) is 6.49. The molecule has 5 heterocycles. The van der Waals surface area contributed by atoms with Gasteiger partial charge in [0.15, 0.2) is 0 Å². The number of pyridine rings is 1. The number of carbonyl (C=O) groups is 1. The summed E-state index contributed by atoms with van der Waals surface area (Å²) in [7, 11) is 0. The summed E-state index contributed by atoms with van der Waals surface area (Å²) in [5.41, 5.74) is 2.08. The Bertz CT molecular complexity index is 953. The van der Waals surface area contributed by atoms with E-state index >= 15 is 0 Å². The maximum atomic E-state index is 12.8. The van der Waals surface area contributed by atoms with Crippen LogP contribution in [0.15, 0.2) is 48.7 Å². The number of nitrogens with one attached hydrogen (secondary N) is 1. The van der Waals surface area contributed by atoms with Crippen LogP contribution in [0.4, 0.5) is 0 Å². The van der Waals surface area contributed by atoms with Crippen molar-refractivity contribution in [1.29, 1.82) is 0 Å². The Balaban J connectivity index is 1.39. The lowest BCUT2D eigenvalue weighted by Gasteiger charge is -2.44. The first-order chi connectivity index (χ1) is 12.8. The van der Waals surface area contributed by atoms with Crippen molar-refractivity contribution in [1.82, 2.24) is 15.2 Å². The second-order valence-corrected chi connectivity index (χ2v) is 8.35. The molecule has 0 saturated carbocycles. The topological polar surface area (TPSA) is 45.2 Å². The lowest BCUT2D eigenvalue weighted by atomic mass is 9.84. The van der Waals surface area contributed by atoms with Gasteiger partial charge in [-0.2, -0.15) is 0 Å². The van der Waals surface area contributed by atoms with Gasteiger partial charge in [0.2, 0.25) is 0 Å². The number of hydrogen-bond acceptors (Lipinski definition) is 4. The molecule has 1 aromatic carbocycles. The highest BCUT2D eigenvalue weighted by molar-refractivity contribution is 7.17. The molecular formula is C21H21N3OS. The number of aromatic nitrogens is 1. The molecule has 1 atom stereocenters. The number of thiophene rings is 1. The van der Waals surface area contributed by atoms with Gasteiger partial charge in [0.05, 0.1) is 10.4 Å². The number of para-hydroxylation sites is 1. The molecule has 6 rings (SSSR count). The van der Waals surface area contributed by atoms with Crippen LogP contribution in [0.1, 0.15) is 22.5 Å². The third-order valence-electron chi connectivity index (χ3n) is 5.70. The molecule has 3 saturated heterocycles. The fraction of sp³-hybridized carbons (Fsp3) is 0.333. The monoisotopic (exact) mass is 363 g/mol. The van der Waals surface area contributed by atoms with Gasteiger partial charge in [0, 0.05) is 34.6 Å². The van der Waals surface area contributed by atoms with E-state index < -0.39 is 0 Å². The summed E-state index contributed by atoms with van der Waals surface area (Å²) in [5.74, 6) is 0.707. The molecule has 4 nitrogen and oxygen atoms in total. The molecule has 5 heteroatoms. The van der Waals surface area contributed by atoms with E-state index in [1.807, 2.05) is 30.5 Å². The van der Waals surface area contributed by atoms with Gasteiger partial charge in [-0.25, -0.2) is 0 Å². The molecular weight excluding hydrogens is 342 g/mol. The van der Waals surface area contributed by atoms with Gasteiger partial charge >= 0.3 is 0 Å². The Hall–Kier alpha value is -2.24. The molecule has 0 aliphatic carbocycles. The fourth-order valence-corrected chi connectivity index (χ4v) is 5.21. The van der Waals surface area contributed by atoms with Gasteiger partial charge < -0.3 is 10.2 Å². The average molecular weight is 363 g/mol. The van der Waals surface area contributed by atoms with Crippen molar-refractivity contribution in [3.63, 3.8) is 0 Å². The third-order valence-corrected chi connectivity index (χ3v) is 6.82. The van der Waals surface area contributed by atoms with E-state index in [0.717, 1.165) is 32.8 Å². The van der Waals surface area contributed by atoms with Crippen LogP contribution in [-0.4, -0.2) is 41.5 Å². The van der Waals surface area contributed by atoms with Crippen molar-refractivity contribution in [3.8, 4) is 10.4 Å². The molecule has 2 bridgehead atoms. The SMILES string of the molecule is O=C(N[C@H]1CN2CCC1CC2)c1ccc(-c2cccc3cccnc23)s1. The molecule has 132 valence electrons. The molecule has 3 fully saturated rings. The van der Waals surface area contributed by atoms with E-state index in [1.165, 1.54) is 25.9 Å². The molecule has 26 heavy (non-hydrogen) atoms. The van der Waals surface area contributed by atoms with E-state index in [9.17, 15) is 4.79 Å². The molecule has 3 aliphatic heterocycles. The number of piperidine rings is 3. The normalized spacial score (nSPS) is 24.7. The number of nitrogens with zero attached hydrogens (tertiary/aromatic N) is 2. The number of rotatable bonds is 3. The van der Waals surface area contributed by atoms with Gasteiger partial charge in [-0.15, -0.1) is 11.3 Å². The highest BCUT2D eigenvalue weighted by Gasteiger charge is 2.35. The molecule has 2 aromatic heterocycles. The number of hydrogen-bond donors (Lipinski definition) is 1. The summed E-state index contributed by atoms with van der Waals surface area (Å²) >= 11 is 1.55. The van der Waals surface area contributed by atoms with Crippen molar-refractivity contribution in [2.24, 2.45) is 5.92 Å². The van der Waals surface area contributed by atoms with Gasteiger partial charge in [0.25, 0.3) is 5.91 Å². The Labute approximate surface area is 156 Å². The van der Waals surface area contributed by atoms with Crippen molar-refractivity contribution in [2.45, 2.75) is 18.9 Å². The first-order valence-electron chi connectivity index (χ1n) is 9.25. The summed E-state index contributed by atoms with van der Waals surface area (Å²) in [4.78, 5) is 21.6. The van der Waals surface area contributed by atoms with E-state index in [4.69, 9.17) is 0 Å². The van der Waals surface area contributed by atoms with Gasteiger partial charge in [-0.3, -0.25) is 9.78 Å². The summed E-state index contributed by atoms with van der Waals surface area (Å²) < 4.78 is 0. The van der Waals surface area contributed by atoms with Crippen LogP contribution >= 0.6 is 11.3 Å². The van der Waals surface area contributed by atoms with Gasteiger partial charge in [-0.1, -0.05) is 24.3 Å². The Morgan fingerprint density at radius 3 is 2.77 bits per heavy atom. The predicted octanol–water partition coefficient (Wildman–Crippen LogP) is 3.79. The van der Waals surface area contributed by atoms with Crippen LogP contribution in [0.3, 0.4) is 0 Å². The van der Waals surface area contributed by atoms with E-state index in [1.54, 1.807) is 11.3 Å². The summed E-state index contributed by atoms with van der Waals surface area (Å²) in [5, 5.41) is 4.40. The van der Waals surface area contributed by atoms with Crippen molar-refractivity contribution in [3.05, 3.63) is 53.5 Å². The highest BCUT2D eigenvalue weighted by Crippen LogP contribution is 2.33. The van der Waals surface area contributed by atoms with Crippen molar-refractivity contribution < 1.29 is 4.79 Å². The standard InChI is InChI=1S/C21H21N3OS/c25-21(23-17-13-24-11-8-14(17)9-12-24)19-7-6-18(26-19)16-5-1-3-15-4-2-10-22-20(15)16/h1-7,10,14,17H,8-9,11-13H2,(H,23,25)/t17-/m0/s1. The Kier molecular flexibility index (Phi) is 3.98. The van der Waals surface area contributed by atoms with Crippen LogP contribution in [-0.2, 0) is 0 Å². The minimum Gasteiger partial charge on any atom is -0.347 e. The molecule has 1 N–H and O–H groups in total. The van der Waals surface area contributed by atoms with Gasteiger partial charge in [-0.05, 0) is 50.0 Å². The second-order valence-electron chi connectivity index (χ2n) is 7.26. The Morgan fingerprint density at radius 2 is 1.96 bits per heavy atom. The molecule has 1 amide bonds. The number of benzene rings is 1. The Morgan fingerprint density at radius 1 is 1.12 bits per heavy atom. The summed E-state index contributed by atoms with van der Waals surface area (Å²) in [6.45, 7) is 3.38. The minimum atomic E-state index is 0.0631. The number of fused-ring (bicyclic) bond motifs is 4. The van der Waals surface area contributed by atoms with Crippen LogP contribution in [0.2, 0.25) is 0 Å². The number of amides is 1. The summed E-state index contributed by atoms with van der Waals surface area (Å²) in [6.07, 6.45) is 4.24. The maximum absolute atomic E-state index is 12.8. The van der Waals surface area contributed by atoms with E-state index in [2.05, 4.69) is 33.4 Å². The lowest BCUT2D eigenvalue weighted by Crippen LogP contribution is -2.57. The van der Waals surface area contributed by atoms with Gasteiger partial charge in [0.1, 0.15) is 0 Å². The van der Waals surface area contributed by atoms with E-state index in [-0.39, 0.29) is 5.91 Å². The zero-order chi connectivity index (χ0) is 17.5. The first kappa shape index (κ1) is 16.0. The largest absolute Gasteiger partial charge is 0.347 e. The molecule has 3 aromatic rings. The van der Waals surface area contributed by atoms with Crippen LogP contribution in [0, 0.1) is 5.92 Å². The highest BCUT2D eigenvalue weighted by atomic mass is 32.1.